The summed E-state index contributed by atoms with van der Waals surface area (Å²) in [6, 6.07) is 5.69. The molecule has 118 valence electrons. The first kappa shape index (κ1) is 16.7. The van der Waals surface area contributed by atoms with Gasteiger partial charge in [-0.3, -0.25) is 4.90 Å². The van der Waals surface area contributed by atoms with Gasteiger partial charge >= 0.3 is 0 Å². The van der Waals surface area contributed by atoms with Gasteiger partial charge in [0.2, 0.25) is 0 Å². The van der Waals surface area contributed by atoms with Crippen LogP contribution in [0.1, 0.15) is 24.8 Å². The van der Waals surface area contributed by atoms with E-state index in [1.54, 1.807) is 13.2 Å². The number of ether oxygens (including phenoxy) is 1. The van der Waals surface area contributed by atoms with E-state index in [0.29, 0.717) is 18.2 Å². The van der Waals surface area contributed by atoms with Crippen LogP contribution >= 0.6 is 11.6 Å². The number of halogens is 2. The molecule has 0 bridgehead atoms. The Bertz CT molecular complexity index is 444. The summed E-state index contributed by atoms with van der Waals surface area (Å²) in [5.74, 6) is -0.282. The molecule has 1 aliphatic rings. The Labute approximate surface area is 131 Å². The van der Waals surface area contributed by atoms with Crippen LogP contribution in [0.2, 0.25) is 5.02 Å². The highest BCUT2D eigenvalue weighted by molar-refractivity contribution is 6.30. The summed E-state index contributed by atoms with van der Waals surface area (Å²) in [4.78, 5) is 2.36. The Hall–Kier alpha value is -0.680. The molecule has 0 radical (unpaired) electrons. The molecule has 1 aliphatic heterocycles. The van der Waals surface area contributed by atoms with E-state index in [9.17, 15) is 4.39 Å². The molecule has 1 aromatic rings. The number of likely N-dealkylation sites (tertiary alicyclic amines) is 1. The second-order valence-corrected chi connectivity index (χ2v) is 5.94. The van der Waals surface area contributed by atoms with Gasteiger partial charge in [-0.1, -0.05) is 30.2 Å². The molecule has 21 heavy (non-hydrogen) atoms. The van der Waals surface area contributed by atoms with Gasteiger partial charge in [0.15, 0.2) is 0 Å². The number of rotatable bonds is 7. The third-order valence-corrected chi connectivity index (χ3v) is 4.31. The lowest BCUT2D eigenvalue weighted by atomic mass is 10.0. The highest BCUT2D eigenvalue weighted by Crippen LogP contribution is 2.23. The Kier molecular flexibility index (Phi) is 6.90. The zero-order chi connectivity index (χ0) is 15.1. The fourth-order valence-corrected chi connectivity index (χ4v) is 3.03. The molecule has 5 heteroatoms. The quantitative estimate of drug-likeness (QED) is 0.783. The van der Waals surface area contributed by atoms with E-state index in [4.69, 9.17) is 16.3 Å². The molecule has 0 amide bonds. The molecule has 2 rings (SSSR count). The van der Waals surface area contributed by atoms with Gasteiger partial charge < -0.3 is 10.1 Å². The van der Waals surface area contributed by atoms with Crippen molar-refractivity contribution in [2.24, 2.45) is 0 Å². The summed E-state index contributed by atoms with van der Waals surface area (Å²) >= 11 is 5.87. The topological polar surface area (TPSA) is 24.5 Å². The number of benzene rings is 1. The minimum absolute atomic E-state index is 0.208. The lowest BCUT2D eigenvalue weighted by Crippen LogP contribution is -2.45. The Morgan fingerprint density at radius 2 is 2.29 bits per heavy atom. The zero-order valence-corrected chi connectivity index (χ0v) is 13.3. The first-order valence-corrected chi connectivity index (χ1v) is 7.96. The second kappa shape index (κ2) is 8.69. The molecule has 1 fully saturated rings. The molecule has 1 unspecified atom stereocenters. The molecule has 0 spiro atoms. The molecular formula is C16H24ClFN2O. The summed E-state index contributed by atoms with van der Waals surface area (Å²) < 4.78 is 19.1. The predicted molar refractivity (Wildman–Crippen MR) is 84.2 cm³/mol. The standard InChI is InChI=1S/C16H24ClFN2O/c1-21-10-8-19-11-14-6-2-3-9-20(14)12-13-5-4-7-15(17)16(13)18/h4-5,7,14,19H,2-3,6,8-12H2,1H3. The highest BCUT2D eigenvalue weighted by Gasteiger charge is 2.23. The third kappa shape index (κ3) is 4.92. The van der Waals surface area contributed by atoms with Crippen molar-refractivity contribution in [3.05, 3.63) is 34.6 Å². The summed E-state index contributed by atoms with van der Waals surface area (Å²) in [5, 5.41) is 3.62. The fraction of sp³-hybridized carbons (Fsp3) is 0.625. The zero-order valence-electron chi connectivity index (χ0n) is 12.6. The van der Waals surface area contributed by atoms with Gasteiger partial charge in [-0.25, -0.2) is 4.39 Å². The van der Waals surface area contributed by atoms with Crippen LogP contribution < -0.4 is 5.32 Å². The summed E-state index contributed by atoms with van der Waals surface area (Å²) in [6.45, 7) is 4.14. The van der Waals surface area contributed by atoms with Crippen LogP contribution in [0.3, 0.4) is 0 Å². The number of hydrogen-bond donors (Lipinski definition) is 1. The summed E-state index contributed by atoms with van der Waals surface area (Å²) in [6.07, 6.45) is 3.57. The van der Waals surface area contributed by atoms with E-state index in [2.05, 4.69) is 10.2 Å². The summed E-state index contributed by atoms with van der Waals surface area (Å²) in [5.41, 5.74) is 0.686. The SMILES string of the molecule is COCCNCC1CCCCN1Cc1cccc(Cl)c1F. The Balaban J connectivity index is 1.93. The molecule has 0 aliphatic carbocycles. The van der Waals surface area contributed by atoms with Crippen molar-refractivity contribution < 1.29 is 9.13 Å². The van der Waals surface area contributed by atoms with Gasteiger partial charge in [0.05, 0.1) is 11.6 Å². The van der Waals surface area contributed by atoms with Crippen LogP contribution in [-0.4, -0.2) is 44.3 Å². The van der Waals surface area contributed by atoms with Gasteiger partial charge in [-0.2, -0.15) is 0 Å². The minimum Gasteiger partial charge on any atom is -0.383 e. The van der Waals surface area contributed by atoms with E-state index in [0.717, 1.165) is 32.7 Å². The maximum atomic E-state index is 14.0. The van der Waals surface area contributed by atoms with Gasteiger partial charge in [0, 0.05) is 38.3 Å². The van der Waals surface area contributed by atoms with E-state index in [1.165, 1.54) is 12.8 Å². The van der Waals surface area contributed by atoms with Gasteiger partial charge in [0.25, 0.3) is 0 Å². The lowest BCUT2D eigenvalue weighted by molar-refractivity contribution is 0.131. The predicted octanol–water partition coefficient (Wildman–Crippen LogP) is 3.07. The van der Waals surface area contributed by atoms with E-state index in [-0.39, 0.29) is 10.8 Å². The largest absolute Gasteiger partial charge is 0.383 e. The van der Waals surface area contributed by atoms with Crippen molar-refractivity contribution in [2.45, 2.75) is 31.8 Å². The van der Waals surface area contributed by atoms with Gasteiger partial charge in [0.1, 0.15) is 5.82 Å². The van der Waals surface area contributed by atoms with Crippen LogP contribution in [0.25, 0.3) is 0 Å². The van der Waals surface area contributed by atoms with E-state index >= 15 is 0 Å². The van der Waals surface area contributed by atoms with E-state index < -0.39 is 0 Å². The average Bonchev–Trinajstić information content (AvgIpc) is 2.50. The maximum Gasteiger partial charge on any atom is 0.146 e. The van der Waals surface area contributed by atoms with Crippen molar-refractivity contribution in [1.82, 2.24) is 10.2 Å². The van der Waals surface area contributed by atoms with Crippen molar-refractivity contribution in [2.75, 3.05) is 33.4 Å². The van der Waals surface area contributed by atoms with Gasteiger partial charge in [-0.15, -0.1) is 0 Å². The second-order valence-electron chi connectivity index (χ2n) is 5.53. The Morgan fingerprint density at radius 1 is 1.43 bits per heavy atom. The van der Waals surface area contributed by atoms with Crippen LogP contribution in [0.5, 0.6) is 0 Å². The normalized spacial score (nSPS) is 19.9. The molecule has 0 saturated carbocycles. The Morgan fingerprint density at radius 3 is 3.10 bits per heavy atom. The van der Waals surface area contributed by atoms with Crippen LogP contribution in [0.4, 0.5) is 4.39 Å². The lowest BCUT2D eigenvalue weighted by Gasteiger charge is -2.36. The summed E-state index contributed by atoms with van der Waals surface area (Å²) in [7, 11) is 1.70. The number of nitrogens with zero attached hydrogens (tertiary/aromatic N) is 1. The average molecular weight is 315 g/mol. The van der Waals surface area contributed by atoms with Crippen molar-refractivity contribution in [3.63, 3.8) is 0 Å². The fourth-order valence-electron chi connectivity index (χ4n) is 2.83. The van der Waals surface area contributed by atoms with Crippen LogP contribution in [0.15, 0.2) is 18.2 Å². The number of methoxy groups -OCH3 is 1. The van der Waals surface area contributed by atoms with Crippen molar-refractivity contribution in [1.29, 1.82) is 0 Å². The smallest absolute Gasteiger partial charge is 0.146 e. The van der Waals surface area contributed by atoms with Crippen molar-refractivity contribution >= 4 is 11.6 Å². The molecule has 3 nitrogen and oxygen atoms in total. The molecule has 0 aromatic heterocycles. The first-order chi connectivity index (χ1) is 10.2. The van der Waals surface area contributed by atoms with Gasteiger partial charge in [-0.05, 0) is 25.5 Å². The molecule has 1 atom stereocenters. The third-order valence-electron chi connectivity index (χ3n) is 4.02. The molecular weight excluding hydrogens is 291 g/mol. The van der Waals surface area contributed by atoms with Crippen LogP contribution in [-0.2, 0) is 11.3 Å². The van der Waals surface area contributed by atoms with Crippen LogP contribution in [0, 0.1) is 5.82 Å². The monoisotopic (exact) mass is 314 g/mol. The minimum atomic E-state index is -0.282. The molecule has 1 heterocycles. The van der Waals surface area contributed by atoms with Crippen molar-refractivity contribution in [3.8, 4) is 0 Å². The number of hydrogen-bond acceptors (Lipinski definition) is 3. The molecule has 1 N–H and O–H groups in total. The molecule has 1 saturated heterocycles. The number of piperidine rings is 1. The first-order valence-electron chi connectivity index (χ1n) is 7.59. The number of nitrogens with one attached hydrogen (secondary N) is 1. The molecule has 1 aromatic carbocycles. The van der Waals surface area contributed by atoms with E-state index in [1.807, 2.05) is 12.1 Å². The highest BCUT2D eigenvalue weighted by atomic mass is 35.5. The maximum absolute atomic E-state index is 14.0.